The lowest BCUT2D eigenvalue weighted by molar-refractivity contribution is -0.0418. The van der Waals surface area contributed by atoms with Crippen LogP contribution in [0.3, 0.4) is 0 Å². The van der Waals surface area contributed by atoms with Gasteiger partial charge < -0.3 is 9.47 Å². The molecule has 0 amide bonds. The fourth-order valence-corrected chi connectivity index (χ4v) is 4.90. The Labute approximate surface area is 126 Å². The van der Waals surface area contributed by atoms with Gasteiger partial charge in [-0.1, -0.05) is 0 Å². The summed E-state index contributed by atoms with van der Waals surface area (Å²) in [7, 11) is -3.72. The molecule has 2 N–H and O–H groups in total. The Bertz CT molecular complexity index is 694. The van der Waals surface area contributed by atoms with E-state index in [1.165, 1.54) is 12.4 Å². The lowest BCUT2D eigenvalue weighted by atomic mass is 10.4. The Morgan fingerprint density at radius 2 is 2.20 bits per heavy atom. The molecule has 11 heteroatoms. The largest absolute Gasteiger partial charge is 0.345 e. The number of aromatic amines is 1. The number of hydrogen-bond donors (Lipinski definition) is 2. The van der Waals surface area contributed by atoms with Crippen LogP contribution in [0, 0.1) is 0 Å². The molecule has 3 rings (SSSR count). The Morgan fingerprint density at radius 3 is 2.85 bits per heavy atom. The van der Waals surface area contributed by atoms with Crippen LogP contribution < -0.4 is 4.72 Å². The molecular weight excluding hydrogens is 372 g/mol. The third kappa shape index (κ3) is 2.72. The summed E-state index contributed by atoms with van der Waals surface area (Å²) in [6.07, 6.45) is 0.692. The van der Waals surface area contributed by atoms with E-state index in [-0.39, 0.29) is 10.2 Å². The normalized spacial score (nSPS) is 16.6. The molecule has 0 bridgehead atoms. The Balaban J connectivity index is 1.88. The van der Waals surface area contributed by atoms with Crippen LogP contribution >= 0.6 is 27.3 Å². The lowest BCUT2D eigenvalue weighted by Gasteiger charge is -2.06. The van der Waals surface area contributed by atoms with Crippen LogP contribution in [0.4, 0.5) is 5.95 Å². The summed E-state index contributed by atoms with van der Waals surface area (Å²) >= 11 is 4.40. The van der Waals surface area contributed by atoms with Crippen molar-refractivity contribution in [3.63, 3.8) is 0 Å². The first-order valence-corrected chi connectivity index (χ1v) is 8.56. The number of sulfonamides is 1. The number of H-pyrrole nitrogens is 1. The number of aromatic nitrogens is 3. The van der Waals surface area contributed by atoms with E-state index >= 15 is 0 Å². The maximum absolute atomic E-state index is 12.2. The van der Waals surface area contributed by atoms with Gasteiger partial charge in [0.1, 0.15) is 10.5 Å². The predicted octanol–water partition coefficient (Wildman–Crippen LogP) is 1.47. The second kappa shape index (κ2) is 5.41. The van der Waals surface area contributed by atoms with E-state index in [0.29, 0.717) is 22.6 Å². The third-order valence-corrected chi connectivity index (χ3v) is 6.33. The molecule has 0 unspecified atom stereocenters. The summed E-state index contributed by atoms with van der Waals surface area (Å²) in [5, 5.41) is 6.01. The maximum atomic E-state index is 12.2. The summed E-state index contributed by atoms with van der Waals surface area (Å²) in [5.74, 6) is 0.0597. The van der Waals surface area contributed by atoms with Gasteiger partial charge in [0.05, 0.1) is 18.1 Å². The van der Waals surface area contributed by atoms with Crippen LogP contribution in [0.2, 0.25) is 0 Å². The Kier molecular flexibility index (Phi) is 3.77. The monoisotopic (exact) mass is 380 g/mol. The molecule has 2 aromatic rings. The molecule has 0 radical (unpaired) electrons. The molecule has 8 nitrogen and oxygen atoms in total. The highest BCUT2D eigenvalue weighted by Crippen LogP contribution is 2.38. The van der Waals surface area contributed by atoms with Crippen molar-refractivity contribution in [1.82, 2.24) is 15.2 Å². The standard InChI is InChI=1S/C9H9BrN4O4S2/c10-5-3-6(19-7(5)8-17-1-2-18-8)20(15,16)14-9-11-4-12-13-9/h3-4,8H,1-2H2,(H2,11,12,13,14). The zero-order valence-electron chi connectivity index (χ0n) is 9.87. The second-order valence-corrected chi connectivity index (χ2v) is 7.64. The van der Waals surface area contributed by atoms with Crippen molar-refractivity contribution in [2.45, 2.75) is 10.5 Å². The van der Waals surface area contributed by atoms with Crippen LogP contribution in [0.15, 0.2) is 21.1 Å². The van der Waals surface area contributed by atoms with E-state index in [1.807, 2.05) is 0 Å². The van der Waals surface area contributed by atoms with Gasteiger partial charge in [-0.2, -0.15) is 10.1 Å². The van der Waals surface area contributed by atoms with Crippen LogP contribution in [-0.2, 0) is 19.5 Å². The maximum Gasteiger partial charge on any atom is 0.273 e. The van der Waals surface area contributed by atoms with E-state index in [4.69, 9.17) is 9.47 Å². The fourth-order valence-electron chi connectivity index (χ4n) is 1.60. The van der Waals surface area contributed by atoms with Crippen molar-refractivity contribution >= 4 is 43.2 Å². The molecule has 1 saturated heterocycles. The fraction of sp³-hybridized carbons (Fsp3) is 0.333. The van der Waals surface area contributed by atoms with E-state index in [2.05, 4.69) is 35.8 Å². The highest BCUT2D eigenvalue weighted by atomic mass is 79.9. The zero-order valence-corrected chi connectivity index (χ0v) is 13.1. The van der Waals surface area contributed by atoms with Crippen LogP contribution in [-0.4, -0.2) is 36.8 Å². The molecule has 3 heterocycles. The predicted molar refractivity (Wildman–Crippen MR) is 73.9 cm³/mol. The first-order chi connectivity index (χ1) is 9.56. The van der Waals surface area contributed by atoms with Gasteiger partial charge in [0.25, 0.3) is 10.0 Å². The Hall–Kier alpha value is -1.01. The first-order valence-electron chi connectivity index (χ1n) is 5.47. The van der Waals surface area contributed by atoms with Gasteiger partial charge in [0.15, 0.2) is 6.29 Å². The number of anilines is 1. The van der Waals surface area contributed by atoms with Crippen molar-refractivity contribution in [2.75, 3.05) is 17.9 Å². The van der Waals surface area contributed by atoms with Crippen molar-refractivity contribution < 1.29 is 17.9 Å². The molecular formula is C9H9BrN4O4S2. The van der Waals surface area contributed by atoms with Gasteiger partial charge in [-0.05, 0) is 22.0 Å². The number of thiophene rings is 1. The minimum absolute atomic E-state index is 0.0597. The molecule has 1 fully saturated rings. The van der Waals surface area contributed by atoms with Crippen LogP contribution in [0.5, 0.6) is 0 Å². The van der Waals surface area contributed by atoms with Gasteiger partial charge in [-0.3, -0.25) is 0 Å². The quantitative estimate of drug-likeness (QED) is 0.831. The van der Waals surface area contributed by atoms with Crippen molar-refractivity contribution in [1.29, 1.82) is 0 Å². The first kappa shape index (κ1) is 13.9. The summed E-state index contributed by atoms with van der Waals surface area (Å²) in [6, 6.07) is 1.50. The minimum atomic E-state index is -3.72. The average Bonchev–Trinajstić information content (AvgIpc) is 3.07. The molecule has 1 aliphatic heterocycles. The van der Waals surface area contributed by atoms with E-state index in [9.17, 15) is 8.42 Å². The third-order valence-electron chi connectivity index (χ3n) is 2.44. The van der Waals surface area contributed by atoms with E-state index in [0.717, 1.165) is 11.3 Å². The van der Waals surface area contributed by atoms with Gasteiger partial charge in [-0.15, -0.1) is 11.3 Å². The van der Waals surface area contributed by atoms with E-state index < -0.39 is 16.3 Å². The zero-order chi connectivity index (χ0) is 14.2. The van der Waals surface area contributed by atoms with E-state index in [1.54, 1.807) is 0 Å². The molecule has 0 aliphatic carbocycles. The van der Waals surface area contributed by atoms with Gasteiger partial charge >= 0.3 is 0 Å². The highest BCUT2D eigenvalue weighted by molar-refractivity contribution is 9.10. The number of nitrogens with one attached hydrogen (secondary N) is 2. The number of ether oxygens (including phenoxy) is 2. The average molecular weight is 381 g/mol. The summed E-state index contributed by atoms with van der Waals surface area (Å²) in [6.45, 7) is 0.987. The topological polar surface area (TPSA) is 106 Å². The molecule has 0 spiro atoms. The van der Waals surface area contributed by atoms with Gasteiger partial charge in [0.2, 0.25) is 5.95 Å². The Morgan fingerprint density at radius 1 is 1.45 bits per heavy atom. The number of rotatable bonds is 4. The van der Waals surface area contributed by atoms with Gasteiger partial charge in [-0.25, -0.2) is 18.2 Å². The SMILES string of the molecule is O=S(=O)(Nc1ncn[nH]1)c1cc(Br)c(C2OCCO2)s1. The number of halogens is 1. The molecule has 0 saturated carbocycles. The van der Waals surface area contributed by atoms with Crippen molar-refractivity contribution in [3.05, 3.63) is 21.7 Å². The van der Waals surface area contributed by atoms with Crippen molar-refractivity contribution in [2.24, 2.45) is 0 Å². The van der Waals surface area contributed by atoms with Crippen LogP contribution in [0.25, 0.3) is 0 Å². The smallest absolute Gasteiger partial charge is 0.273 e. The second-order valence-electron chi connectivity index (χ2n) is 3.79. The molecule has 0 aromatic carbocycles. The summed E-state index contributed by atoms with van der Waals surface area (Å²) in [4.78, 5) is 4.40. The number of nitrogens with zero attached hydrogens (tertiary/aromatic N) is 2. The van der Waals surface area contributed by atoms with Crippen molar-refractivity contribution in [3.8, 4) is 0 Å². The minimum Gasteiger partial charge on any atom is -0.345 e. The highest BCUT2D eigenvalue weighted by Gasteiger charge is 2.27. The number of hydrogen-bond acceptors (Lipinski definition) is 7. The molecule has 0 atom stereocenters. The summed E-state index contributed by atoms with van der Waals surface area (Å²) < 4.78 is 38.2. The lowest BCUT2D eigenvalue weighted by Crippen LogP contribution is -2.12. The molecule has 1 aliphatic rings. The molecule has 2 aromatic heterocycles. The van der Waals surface area contributed by atoms with Gasteiger partial charge in [0, 0.05) is 4.47 Å². The summed E-state index contributed by atoms with van der Waals surface area (Å²) in [5.41, 5.74) is 0. The van der Waals surface area contributed by atoms with Crippen LogP contribution in [0.1, 0.15) is 11.2 Å². The molecule has 20 heavy (non-hydrogen) atoms. The molecule has 108 valence electrons.